The van der Waals surface area contributed by atoms with E-state index < -0.39 is 31.0 Å². The summed E-state index contributed by atoms with van der Waals surface area (Å²) in [6.45, 7) is 2.79. The van der Waals surface area contributed by atoms with Gasteiger partial charge < -0.3 is 25.2 Å². The van der Waals surface area contributed by atoms with Crippen LogP contribution in [0.25, 0.3) is 0 Å². The van der Waals surface area contributed by atoms with Crippen LogP contribution in [0.2, 0.25) is 0 Å². The van der Waals surface area contributed by atoms with Crippen molar-refractivity contribution in [2.45, 2.75) is 28.4 Å². The van der Waals surface area contributed by atoms with E-state index in [1.807, 2.05) is 22.6 Å². The summed E-state index contributed by atoms with van der Waals surface area (Å²) in [7, 11) is 0. The third kappa shape index (κ3) is 4.85. The molecule has 1 unspecified atom stereocenters. The van der Waals surface area contributed by atoms with E-state index >= 15 is 0 Å². The zero-order chi connectivity index (χ0) is 12.7. The molecule has 5 N–H and O–H groups in total. The smallest absolute Gasteiger partial charge is 0.139 e. The lowest BCUT2D eigenvalue weighted by Gasteiger charge is -2.27. The number of carbonyl (C=O) groups excluding carboxylic acids is 1. The summed E-state index contributed by atoms with van der Waals surface area (Å²) in [4.78, 5) is 10.7. The molecule has 0 aromatic heterocycles. The molecule has 0 aromatic rings. The minimum Gasteiger partial charge on any atom is -0.394 e. The Morgan fingerprint density at radius 3 is 2.25 bits per heavy atom. The van der Waals surface area contributed by atoms with E-state index in [4.69, 9.17) is 10.2 Å². The van der Waals surface area contributed by atoms with Crippen molar-refractivity contribution in [1.82, 2.24) is 5.32 Å². The molecule has 0 spiro atoms. The maximum absolute atomic E-state index is 10.7. The highest BCUT2D eigenvalue weighted by molar-refractivity contribution is 14.1. The van der Waals surface area contributed by atoms with E-state index in [1.54, 1.807) is 0 Å². The second-order valence-corrected chi connectivity index (χ2v) is 4.54. The van der Waals surface area contributed by atoms with Crippen LogP contribution in [-0.4, -0.2) is 61.7 Å². The molecule has 0 heterocycles. The van der Waals surface area contributed by atoms with E-state index in [0.29, 0.717) is 6.29 Å². The fourth-order valence-electron chi connectivity index (χ4n) is 1.02. The van der Waals surface area contributed by atoms with Crippen molar-refractivity contribution in [2.75, 3.05) is 6.61 Å². The number of carbonyl (C=O) groups is 1. The Kier molecular flexibility index (Phi) is 8.06. The van der Waals surface area contributed by atoms with Crippen LogP contribution in [0.4, 0.5) is 0 Å². The maximum atomic E-state index is 10.7. The first-order valence-corrected chi connectivity index (χ1v) is 5.85. The SMILES string of the molecule is C=CC(I)N[C@@H](C=O)[C@@H](O)[C@H](O)[C@H](O)CO. The number of alkyl halides is 1. The molecular weight excluding hydrogens is 329 g/mol. The summed E-state index contributed by atoms with van der Waals surface area (Å²) in [5.74, 6) is 0. The number of aliphatic hydroxyl groups is 4. The summed E-state index contributed by atoms with van der Waals surface area (Å²) in [6, 6.07) is -1.05. The van der Waals surface area contributed by atoms with Gasteiger partial charge in [0.1, 0.15) is 24.6 Å². The Bertz CT molecular complexity index is 228. The van der Waals surface area contributed by atoms with E-state index in [-0.39, 0.29) is 4.05 Å². The fraction of sp³-hybridized carbons (Fsp3) is 0.667. The van der Waals surface area contributed by atoms with Gasteiger partial charge >= 0.3 is 0 Å². The van der Waals surface area contributed by atoms with Crippen LogP contribution in [0.1, 0.15) is 0 Å². The van der Waals surface area contributed by atoms with Crippen molar-refractivity contribution in [2.24, 2.45) is 0 Å². The lowest BCUT2D eigenvalue weighted by Crippen LogP contribution is -2.53. The molecule has 0 aliphatic carbocycles. The van der Waals surface area contributed by atoms with Gasteiger partial charge in [-0.3, -0.25) is 5.32 Å². The third-order valence-corrected chi connectivity index (χ3v) is 2.87. The average Bonchev–Trinajstić information content (AvgIpc) is 2.32. The zero-order valence-corrected chi connectivity index (χ0v) is 10.7. The molecule has 6 nitrogen and oxygen atoms in total. The molecule has 0 aliphatic heterocycles. The van der Waals surface area contributed by atoms with Gasteiger partial charge in [-0.2, -0.15) is 0 Å². The van der Waals surface area contributed by atoms with E-state index in [1.165, 1.54) is 6.08 Å². The Hall–Kier alpha value is -0.0600. The van der Waals surface area contributed by atoms with Crippen LogP contribution in [0.3, 0.4) is 0 Å². The predicted octanol–water partition coefficient (Wildman–Crippen LogP) is -1.83. The number of halogens is 1. The maximum Gasteiger partial charge on any atom is 0.139 e. The molecule has 0 saturated carbocycles. The molecule has 0 aromatic carbocycles. The second-order valence-electron chi connectivity index (χ2n) is 3.20. The molecular formula is C9H16INO5. The highest BCUT2D eigenvalue weighted by Crippen LogP contribution is 2.07. The average molecular weight is 345 g/mol. The standard InChI is InChI=1S/C9H16INO5/c1-2-7(10)11-5(3-12)8(15)9(16)6(14)4-13/h2-3,5-9,11,13-16H,1,4H2/t5-,6+,7?,8+,9+/m0/s1. The van der Waals surface area contributed by atoms with Crippen molar-refractivity contribution in [1.29, 1.82) is 0 Å². The summed E-state index contributed by atoms with van der Waals surface area (Å²) >= 11 is 1.93. The number of hydrogen-bond donors (Lipinski definition) is 5. The molecule has 5 atom stereocenters. The number of aliphatic hydroxyl groups excluding tert-OH is 4. The molecule has 94 valence electrons. The Morgan fingerprint density at radius 2 is 1.88 bits per heavy atom. The molecule has 0 rings (SSSR count). The number of hydrogen-bond acceptors (Lipinski definition) is 6. The van der Waals surface area contributed by atoms with Gasteiger partial charge in [-0.15, -0.1) is 6.58 Å². The highest BCUT2D eigenvalue weighted by atomic mass is 127. The molecule has 16 heavy (non-hydrogen) atoms. The van der Waals surface area contributed by atoms with Crippen molar-refractivity contribution in [3.8, 4) is 0 Å². The minimum atomic E-state index is -1.60. The van der Waals surface area contributed by atoms with Crippen LogP contribution in [-0.2, 0) is 4.79 Å². The molecule has 0 bridgehead atoms. The van der Waals surface area contributed by atoms with Crippen molar-refractivity contribution < 1.29 is 25.2 Å². The predicted molar refractivity (Wildman–Crippen MR) is 66.1 cm³/mol. The van der Waals surface area contributed by atoms with Gasteiger partial charge in [0, 0.05) is 0 Å². The van der Waals surface area contributed by atoms with Gasteiger partial charge in [-0.25, -0.2) is 0 Å². The second kappa shape index (κ2) is 8.09. The largest absolute Gasteiger partial charge is 0.394 e. The summed E-state index contributed by atoms with van der Waals surface area (Å²) in [5, 5.41) is 39.3. The number of nitrogens with one attached hydrogen (secondary N) is 1. The van der Waals surface area contributed by atoms with Crippen molar-refractivity contribution in [3.63, 3.8) is 0 Å². The fourth-order valence-corrected chi connectivity index (χ4v) is 1.43. The van der Waals surface area contributed by atoms with E-state index in [2.05, 4.69) is 11.9 Å². The lowest BCUT2D eigenvalue weighted by molar-refractivity contribution is -0.120. The van der Waals surface area contributed by atoms with Crippen LogP contribution in [0.15, 0.2) is 12.7 Å². The first-order chi connectivity index (χ1) is 7.47. The summed E-state index contributed by atoms with van der Waals surface area (Å²) in [5.41, 5.74) is 0. The molecule has 0 aliphatic rings. The van der Waals surface area contributed by atoms with Crippen LogP contribution in [0.5, 0.6) is 0 Å². The first kappa shape index (κ1) is 15.9. The third-order valence-electron chi connectivity index (χ3n) is 2.00. The lowest BCUT2D eigenvalue weighted by atomic mass is 10.0. The molecule has 7 heteroatoms. The van der Waals surface area contributed by atoms with Gasteiger partial charge in [0.15, 0.2) is 0 Å². The molecule has 0 amide bonds. The van der Waals surface area contributed by atoms with Gasteiger partial charge in [0.05, 0.1) is 16.7 Å². The van der Waals surface area contributed by atoms with Crippen LogP contribution < -0.4 is 5.32 Å². The normalized spacial score (nSPS) is 20.6. The van der Waals surface area contributed by atoms with Gasteiger partial charge in [0.2, 0.25) is 0 Å². The van der Waals surface area contributed by atoms with Crippen LogP contribution >= 0.6 is 22.6 Å². The Labute approximate surface area is 107 Å². The summed E-state index contributed by atoms with van der Waals surface area (Å²) in [6.07, 6.45) is -2.65. The minimum absolute atomic E-state index is 0.263. The molecule has 0 fully saturated rings. The van der Waals surface area contributed by atoms with Gasteiger partial charge in [0.25, 0.3) is 0 Å². The summed E-state index contributed by atoms with van der Waals surface area (Å²) < 4.78 is -0.263. The first-order valence-electron chi connectivity index (χ1n) is 4.61. The zero-order valence-electron chi connectivity index (χ0n) is 8.53. The Balaban J connectivity index is 4.45. The number of aldehydes is 1. The Morgan fingerprint density at radius 1 is 1.31 bits per heavy atom. The quantitative estimate of drug-likeness (QED) is 0.116. The van der Waals surface area contributed by atoms with E-state index in [9.17, 15) is 15.0 Å². The van der Waals surface area contributed by atoms with E-state index in [0.717, 1.165) is 0 Å². The molecule has 0 saturated heterocycles. The van der Waals surface area contributed by atoms with Crippen molar-refractivity contribution in [3.05, 3.63) is 12.7 Å². The highest BCUT2D eigenvalue weighted by Gasteiger charge is 2.31. The van der Waals surface area contributed by atoms with Crippen molar-refractivity contribution >= 4 is 28.9 Å². The van der Waals surface area contributed by atoms with Gasteiger partial charge in [-0.1, -0.05) is 28.7 Å². The van der Waals surface area contributed by atoms with Crippen LogP contribution in [0, 0.1) is 0 Å². The number of rotatable bonds is 8. The van der Waals surface area contributed by atoms with Gasteiger partial charge in [-0.05, 0) is 0 Å². The molecule has 0 radical (unpaired) electrons. The topological polar surface area (TPSA) is 110 Å². The monoisotopic (exact) mass is 345 g/mol.